The smallest absolute Gasteiger partial charge is 0.137 e. The largest absolute Gasteiger partial charge is 0.456 e. The highest BCUT2D eigenvalue weighted by atomic mass is 16.3. The third-order valence-electron chi connectivity index (χ3n) is 10.4. The summed E-state index contributed by atoms with van der Waals surface area (Å²) >= 11 is 0. The zero-order chi connectivity index (χ0) is 36.6. The normalized spacial score (nSPS) is 11.3. The van der Waals surface area contributed by atoms with Crippen molar-refractivity contribution in [1.29, 1.82) is 0 Å². The van der Waals surface area contributed by atoms with E-state index in [-0.39, 0.29) is 0 Å². The molecule has 0 aliphatic heterocycles. The molecule has 1 aromatic heterocycles. The summed E-state index contributed by atoms with van der Waals surface area (Å²) in [5, 5.41) is 4.62. The highest BCUT2D eigenvalue weighted by molar-refractivity contribution is 6.06. The average molecular weight is 705 g/mol. The van der Waals surface area contributed by atoms with Gasteiger partial charge in [0.25, 0.3) is 0 Å². The summed E-state index contributed by atoms with van der Waals surface area (Å²) in [4.78, 5) is 4.61. The fraction of sp³-hybridized carbons (Fsp3) is 0. The molecule has 0 aliphatic carbocycles. The first kappa shape index (κ1) is 32.3. The summed E-state index contributed by atoms with van der Waals surface area (Å²) in [6.07, 6.45) is 0. The van der Waals surface area contributed by atoms with Crippen LogP contribution in [0.3, 0.4) is 0 Å². The molecule has 3 nitrogen and oxygen atoms in total. The Balaban J connectivity index is 0.968. The number of furan rings is 1. The van der Waals surface area contributed by atoms with Crippen molar-refractivity contribution in [3.8, 4) is 22.3 Å². The van der Waals surface area contributed by atoms with Crippen molar-refractivity contribution < 1.29 is 4.42 Å². The quantitative estimate of drug-likeness (QED) is 0.157. The number of para-hydroxylation sites is 3. The van der Waals surface area contributed by atoms with Crippen LogP contribution in [0.25, 0.3) is 55.0 Å². The van der Waals surface area contributed by atoms with Crippen LogP contribution in [-0.4, -0.2) is 0 Å². The van der Waals surface area contributed by atoms with Gasteiger partial charge >= 0.3 is 0 Å². The van der Waals surface area contributed by atoms with Crippen molar-refractivity contribution in [3.63, 3.8) is 0 Å². The first-order valence-electron chi connectivity index (χ1n) is 18.7. The lowest BCUT2D eigenvalue weighted by Gasteiger charge is -2.26. The molecule has 1 heterocycles. The van der Waals surface area contributed by atoms with E-state index in [1.165, 1.54) is 33.0 Å². The molecule has 0 saturated carbocycles. The van der Waals surface area contributed by atoms with Crippen LogP contribution >= 0.6 is 0 Å². The number of hydrogen-bond acceptors (Lipinski definition) is 3. The lowest BCUT2D eigenvalue weighted by atomic mass is 10.00. The molecular formula is C52H36N2O. The van der Waals surface area contributed by atoms with Crippen molar-refractivity contribution in [2.75, 3.05) is 9.80 Å². The van der Waals surface area contributed by atoms with E-state index in [2.05, 4.69) is 216 Å². The monoisotopic (exact) mass is 704 g/mol. The molecule has 10 aromatic rings. The Hall–Kier alpha value is -7.36. The number of rotatable bonds is 8. The van der Waals surface area contributed by atoms with E-state index in [0.29, 0.717) is 0 Å². The zero-order valence-electron chi connectivity index (χ0n) is 30.1. The third-order valence-corrected chi connectivity index (χ3v) is 10.4. The Kier molecular flexibility index (Phi) is 8.16. The number of fused-ring (bicyclic) bond motifs is 4. The Bertz CT molecular complexity index is 2900. The second-order valence-electron chi connectivity index (χ2n) is 13.8. The Morgan fingerprint density at radius 3 is 1.35 bits per heavy atom. The number of nitrogens with zero attached hydrogens (tertiary/aromatic N) is 2. The van der Waals surface area contributed by atoms with Gasteiger partial charge in [-0.15, -0.1) is 0 Å². The van der Waals surface area contributed by atoms with Crippen molar-refractivity contribution in [3.05, 3.63) is 218 Å². The summed E-state index contributed by atoms with van der Waals surface area (Å²) < 4.78 is 6.30. The molecule has 0 unspecified atom stereocenters. The van der Waals surface area contributed by atoms with Crippen LogP contribution in [0.1, 0.15) is 0 Å². The van der Waals surface area contributed by atoms with Crippen LogP contribution in [0, 0.1) is 0 Å². The number of hydrogen-bond donors (Lipinski definition) is 0. The molecule has 0 radical (unpaired) electrons. The van der Waals surface area contributed by atoms with Crippen molar-refractivity contribution in [1.82, 2.24) is 0 Å². The molecule has 0 atom stereocenters. The molecule has 0 aliphatic rings. The van der Waals surface area contributed by atoms with Gasteiger partial charge in [0.05, 0.1) is 0 Å². The van der Waals surface area contributed by atoms with Gasteiger partial charge in [0.2, 0.25) is 0 Å². The summed E-state index contributed by atoms with van der Waals surface area (Å²) in [5.74, 6) is 0. The summed E-state index contributed by atoms with van der Waals surface area (Å²) in [5.41, 5.74) is 13.1. The van der Waals surface area contributed by atoms with Crippen LogP contribution in [-0.2, 0) is 0 Å². The van der Waals surface area contributed by atoms with Gasteiger partial charge in [-0.05, 0) is 118 Å². The first-order chi connectivity index (χ1) is 27.2. The lowest BCUT2D eigenvalue weighted by molar-refractivity contribution is 0.669. The highest BCUT2D eigenvalue weighted by Crippen LogP contribution is 2.41. The Morgan fingerprint density at radius 1 is 0.255 bits per heavy atom. The Morgan fingerprint density at radius 2 is 0.673 bits per heavy atom. The van der Waals surface area contributed by atoms with Gasteiger partial charge in [-0.25, -0.2) is 0 Å². The minimum Gasteiger partial charge on any atom is -0.456 e. The molecular weight excluding hydrogens is 669 g/mol. The fourth-order valence-corrected chi connectivity index (χ4v) is 7.69. The molecule has 0 fully saturated rings. The zero-order valence-corrected chi connectivity index (χ0v) is 30.1. The van der Waals surface area contributed by atoms with Crippen LogP contribution in [0.2, 0.25) is 0 Å². The third kappa shape index (κ3) is 6.18. The van der Waals surface area contributed by atoms with Crippen molar-refractivity contribution in [2.24, 2.45) is 0 Å². The van der Waals surface area contributed by atoms with E-state index in [1.54, 1.807) is 0 Å². The van der Waals surface area contributed by atoms with E-state index in [9.17, 15) is 0 Å². The average Bonchev–Trinajstić information content (AvgIpc) is 3.63. The van der Waals surface area contributed by atoms with E-state index < -0.39 is 0 Å². The maximum Gasteiger partial charge on any atom is 0.137 e. The summed E-state index contributed by atoms with van der Waals surface area (Å²) in [6, 6.07) is 77.5. The molecule has 0 spiro atoms. The van der Waals surface area contributed by atoms with Crippen LogP contribution in [0.4, 0.5) is 34.1 Å². The van der Waals surface area contributed by atoms with Gasteiger partial charge < -0.3 is 14.2 Å². The van der Waals surface area contributed by atoms with Gasteiger partial charge in [-0.1, -0.05) is 127 Å². The van der Waals surface area contributed by atoms with Crippen molar-refractivity contribution >= 4 is 66.8 Å². The van der Waals surface area contributed by atoms with E-state index in [0.717, 1.165) is 56.1 Å². The molecule has 55 heavy (non-hydrogen) atoms. The molecule has 0 N–H and O–H groups in total. The van der Waals surface area contributed by atoms with Crippen molar-refractivity contribution in [2.45, 2.75) is 0 Å². The minimum absolute atomic E-state index is 0.879. The summed E-state index contributed by atoms with van der Waals surface area (Å²) in [6.45, 7) is 0. The fourth-order valence-electron chi connectivity index (χ4n) is 7.69. The maximum atomic E-state index is 6.30. The topological polar surface area (TPSA) is 19.6 Å². The first-order valence-corrected chi connectivity index (χ1v) is 18.7. The van der Waals surface area contributed by atoms with Gasteiger partial charge in [0.1, 0.15) is 11.2 Å². The predicted molar refractivity (Wildman–Crippen MR) is 231 cm³/mol. The molecule has 0 amide bonds. The summed E-state index contributed by atoms with van der Waals surface area (Å²) in [7, 11) is 0. The van der Waals surface area contributed by atoms with Crippen LogP contribution < -0.4 is 9.80 Å². The lowest BCUT2D eigenvalue weighted by Crippen LogP contribution is -2.09. The number of benzene rings is 9. The van der Waals surface area contributed by atoms with Gasteiger partial charge in [0.15, 0.2) is 0 Å². The number of anilines is 6. The molecule has 10 rings (SSSR count). The Labute approximate surface area is 320 Å². The molecule has 0 saturated heterocycles. The maximum absolute atomic E-state index is 6.30. The molecule has 3 heteroatoms. The highest BCUT2D eigenvalue weighted by Gasteiger charge is 2.17. The molecule has 0 bridgehead atoms. The molecule has 9 aromatic carbocycles. The minimum atomic E-state index is 0.879. The van der Waals surface area contributed by atoms with Crippen LogP contribution in [0.5, 0.6) is 0 Å². The van der Waals surface area contributed by atoms with E-state index in [1.807, 2.05) is 12.1 Å². The van der Waals surface area contributed by atoms with Gasteiger partial charge in [0, 0.05) is 51.0 Å². The SMILES string of the molecule is c1ccc(-c2ccc(N(c3ccccc3)c3ccc(-c4ccc5cc(N(c6ccccc6)c6ccc7c(c6)oc6ccccc67)ccc5c4)cc3)cc2)cc1. The van der Waals surface area contributed by atoms with E-state index in [4.69, 9.17) is 4.42 Å². The van der Waals surface area contributed by atoms with Gasteiger partial charge in [-0.3, -0.25) is 0 Å². The second kappa shape index (κ2) is 13.9. The predicted octanol–water partition coefficient (Wildman–Crippen LogP) is 15.0. The van der Waals surface area contributed by atoms with E-state index >= 15 is 0 Å². The second-order valence-corrected chi connectivity index (χ2v) is 13.8. The van der Waals surface area contributed by atoms with Crippen LogP contribution in [0.15, 0.2) is 223 Å². The standard InChI is InChI=1S/C52H36N2O/c1-4-12-37(13-5-1)38-22-27-45(28-23-38)53(43-14-6-2-7-15-43)46-29-24-39(25-30-46)40-20-21-42-35-47(31-26-41(42)34-40)54(44-16-8-3-9-17-44)48-32-33-50-49-18-10-11-19-51(49)55-52(50)36-48/h1-36H. The van der Waals surface area contributed by atoms with Gasteiger partial charge in [-0.2, -0.15) is 0 Å². The molecule has 260 valence electrons.